The molecular weight excluding hydrogens is 348 g/mol. The summed E-state index contributed by atoms with van der Waals surface area (Å²) < 4.78 is 0. The Morgan fingerprint density at radius 2 is 1.77 bits per heavy atom. The Balaban J connectivity index is 1.69. The molecule has 0 fully saturated rings. The second-order valence-corrected chi connectivity index (χ2v) is 7.02. The summed E-state index contributed by atoms with van der Waals surface area (Å²) >= 11 is 1.22. The normalized spacial score (nSPS) is 11.0. The number of hydrogen-bond acceptors (Lipinski definition) is 5. The summed E-state index contributed by atoms with van der Waals surface area (Å²) in [6, 6.07) is 17.4. The number of rotatable bonds is 8. The van der Waals surface area contributed by atoms with E-state index in [0.29, 0.717) is 18.0 Å². The molecule has 2 N–H and O–H groups in total. The minimum atomic E-state index is -0.918. The molecule has 3 aromatic rings. The number of nitrogens with zero attached hydrogens (tertiary/aromatic N) is 2. The molecule has 26 heavy (non-hydrogen) atoms. The molecule has 0 unspecified atom stereocenters. The molecule has 0 radical (unpaired) electrons. The molecule has 0 aliphatic heterocycles. The third-order valence-corrected chi connectivity index (χ3v) is 5.06. The highest BCUT2D eigenvalue weighted by Gasteiger charge is 2.10. The predicted octanol–water partition coefficient (Wildman–Crippen LogP) is 3.50. The molecule has 6 heteroatoms. The van der Waals surface area contributed by atoms with E-state index in [1.807, 2.05) is 36.5 Å². The van der Waals surface area contributed by atoms with Gasteiger partial charge < -0.3 is 10.2 Å². The van der Waals surface area contributed by atoms with E-state index in [0.717, 1.165) is 22.7 Å². The number of aromatic carboxylic acids is 1. The number of aliphatic hydroxyl groups is 1. The lowest BCUT2D eigenvalue weighted by molar-refractivity contribution is 0.0702. The van der Waals surface area contributed by atoms with Crippen LogP contribution in [0.15, 0.2) is 60.8 Å². The summed E-state index contributed by atoms with van der Waals surface area (Å²) in [5, 5.41) is 18.4. The highest BCUT2D eigenvalue weighted by atomic mass is 32.1. The van der Waals surface area contributed by atoms with Crippen molar-refractivity contribution < 1.29 is 15.0 Å². The lowest BCUT2D eigenvalue weighted by Crippen LogP contribution is -2.26. The molecule has 2 heterocycles. The molecule has 0 bridgehead atoms. The number of aliphatic hydroxyl groups excluding tert-OH is 1. The van der Waals surface area contributed by atoms with E-state index in [4.69, 9.17) is 5.11 Å². The molecule has 0 aliphatic carbocycles. The van der Waals surface area contributed by atoms with Crippen LogP contribution in [-0.2, 0) is 13.1 Å². The summed E-state index contributed by atoms with van der Waals surface area (Å²) in [7, 11) is 0. The third kappa shape index (κ3) is 4.76. The zero-order chi connectivity index (χ0) is 18.4. The van der Waals surface area contributed by atoms with Crippen molar-refractivity contribution in [1.82, 2.24) is 9.88 Å². The fourth-order valence-electron chi connectivity index (χ4n) is 2.71. The van der Waals surface area contributed by atoms with E-state index in [1.54, 1.807) is 12.1 Å². The van der Waals surface area contributed by atoms with Crippen LogP contribution in [0.2, 0.25) is 0 Å². The van der Waals surface area contributed by atoms with Crippen LogP contribution in [0.4, 0.5) is 0 Å². The smallest absolute Gasteiger partial charge is 0.345 e. The van der Waals surface area contributed by atoms with Gasteiger partial charge in [0, 0.05) is 25.8 Å². The van der Waals surface area contributed by atoms with Gasteiger partial charge in [-0.1, -0.05) is 36.4 Å². The first kappa shape index (κ1) is 18.3. The molecule has 0 saturated heterocycles. The van der Waals surface area contributed by atoms with Crippen LogP contribution in [0.25, 0.3) is 10.6 Å². The van der Waals surface area contributed by atoms with Crippen LogP contribution in [0.5, 0.6) is 0 Å². The average Bonchev–Trinajstić information content (AvgIpc) is 3.14. The molecule has 134 valence electrons. The topological polar surface area (TPSA) is 73.7 Å². The number of benzene rings is 1. The number of carboxylic acid groups (broad SMARTS) is 1. The number of carbonyl (C=O) groups is 1. The molecule has 3 rings (SSSR count). The van der Waals surface area contributed by atoms with Crippen molar-refractivity contribution in [2.45, 2.75) is 13.1 Å². The fourth-order valence-corrected chi connectivity index (χ4v) is 3.53. The van der Waals surface area contributed by atoms with Crippen LogP contribution in [0, 0.1) is 0 Å². The van der Waals surface area contributed by atoms with Gasteiger partial charge in [0.15, 0.2) is 0 Å². The van der Waals surface area contributed by atoms with Crippen LogP contribution in [0.3, 0.4) is 0 Å². The van der Waals surface area contributed by atoms with Gasteiger partial charge in [-0.15, -0.1) is 11.3 Å². The standard InChI is InChI=1S/C20H20N2O3S/c23-11-10-22(13-15-4-2-1-3-5-15)14-16-6-7-17(21-12-16)18-8-9-19(26-18)20(24)25/h1-9,12,23H,10-11,13-14H2,(H,24,25). The van der Waals surface area contributed by atoms with Crippen LogP contribution in [0.1, 0.15) is 20.8 Å². The molecule has 0 saturated carbocycles. The predicted molar refractivity (Wildman–Crippen MR) is 102 cm³/mol. The van der Waals surface area contributed by atoms with Gasteiger partial charge in [-0.2, -0.15) is 0 Å². The van der Waals surface area contributed by atoms with Crippen molar-refractivity contribution >= 4 is 17.3 Å². The molecule has 5 nitrogen and oxygen atoms in total. The second kappa shape index (κ2) is 8.71. The summed E-state index contributed by atoms with van der Waals surface area (Å²) in [5.41, 5.74) is 3.02. The van der Waals surface area contributed by atoms with Gasteiger partial charge in [0.1, 0.15) is 4.88 Å². The maximum Gasteiger partial charge on any atom is 0.345 e. The maximum atomic E-state index is 11.0. The van der Waals surface area contributed by atoms with E-state index < -0.39 is 5.97 Å². The minimum absolute atomic E-state index is 0.103. The van der Waals surface area contributed by atoms with Crippen LogP contribution < -0.4 is 0 Å². The van der Waals surface area contributed by atoms with Gasteiger partial charge in [0.25, 0.3) is 0 Å². The zero-order valence-corrected chi connectivity index (χ0v) is 15.0. The largest absolute Gasteiger partial charge is 0.477 e. The van der Waals surface area contributed by atoms with E-state index >= 15 is 0 Å². The van der Waals surface area contributed by atoms with Gasteiger partial charge >= 0.3 is 5.97 Å². The highest BCUT2D eigenvalue weighted by Crippen LogP contribution is 2.26. The first-order valence-electron chi connectivity index (χ1n) is 8.31. The van der Waals surface area contributed by atoms with Crippen LogP contribution >= 0.6 is 11.3 Å². The summed E-state index contributed by atoms with van der Waals surface area (Å²) in [6.07, 6.45) is 1.81. The summed E-state index contributed by atoms with van der Waals surface area (Å²) in [6.45, 7) is 2.14. The van der Waals surface area contributed by atoms with Gasteiger partial charge in [0.2, 0.25) is 0 Å². The van der Waals surface area contributed by atoms with Crippen molar-refractivity contribution in [1.29, 1.82) is 0 Å². The van der Waals surface area contributed by atoms with Gasteiger partial charge in [-0.3, -0.25) is 9.88 Å². The van der Waals surface area contributed by atoms with Crippen molar-refractivity contribution in [2.75, 3.05) is 13.2 Å². The lowest BCUT2D eigenvalue weighted by atomic mass is 10.2. The van der Waals surface area contributed by atoms with Crippen molar-refractivity contribution in [3.63, 3.8) is 0 Å². The van der Waals surface area contributed by atoms with E-state index in [-0.39, 0.29) is 6.61 Å². The Kier molecular flexibility index (Phi) is 6.12. The molecule has 0 atom stereocenters. The Labute approximate surface area is 156 Å². The Bertz CT molecular complexity index is 847. The zero-order valence-electron chi connectivity index (χ0n) is 14.2. The Hall–Kier alpha value is -2.54. The monoisotopic (exact) mass is 368 g/mol. The number of hydrogen-bond donors (Lipinski definition) is 2. The molecule has 0 amide bonds. The number of thiophene rings is 1. The van der Waals surface area contributed by atoms with Gasteiger partial charge in [-0.05, 0) is 29.3 Å². The SMILES string of the molecule is O=C(O)c1ccc(-c2ccc(CN(CCO)Cc3ccccc3)cn2)s1. The van der Waals surface area contributed by atoms with Crippen LogP contribution in [-0.4, -0.2) is 39.2 Å². The maximum absolute atomic E-state index is 11.0. The molecule has 2 aromatic heterocycles. The van der Waals surface area contributed by atoms with Crippen molar-refractivity contribution in [3.8, 4) is 10.6 Å². The number of carboxylic acids is 1. The van der Waals surface area contributed by atoms with Gasteiger partial charge in [-0.25, -0.2) is 4.79 Å². The Morgan fingerprint density at radius 3 is 2.38 bits per heavy atom. The third-order valence-electron chi connectivity index (χ3n) is 3.97. The first-order valence-corrected chi connectivity index (χ1v) is 9.13. The molecule has 0 spiro atoms. The Morgan fingerprint density at radius 1 is 1.00 bits per heavy atom. The van der Waals surface area contributed by atoms with E-state index in [2.05, 4.69) is 22.0 Å². The second-order valence-electron chi connectivity index (χ2n) is 5.94. The highest BCUT2D eigenvalue weighted by molar-refractivity contribution is 7.17. The summed E-state index contributed by atoms with van der Waals surface area (Å²) in [4.78, 5) is 18.8. The molecule has 0 aliphatic rings. The fraction of sp³-hybridized carbons (Fsp3) is 0.200. The van der Waals surface area contributed by atoms with Gasteiger partial charge in [0.05, 0.1) is 17.2 Å². The van der Waals surface area contributed by atoms with Crippen molar-refractivity contribution in [3.05, 3.63) is 76.8 Å². The summed E-state index contributed by atoms with van der Waals surface area (Å²) in [5.74, 6) is -0.918. The van der Waals surface area contributed by atoms with E-state index in [9.17, 15) is 9.90 Å². The molecular formula is C20H20N2O3S. The average molecular weight is 368 g/mol. The quantitative estimate of drug-likeness (QED) is 0.637. The minimum Gasteiger partial charge on any atom is -0.477 e. The van der Waals surface area contributed by atoms with Crippen molar-refractivity contribution in [2.24, 2.45) is 0 Å². The first-order chi connectivity index (χ1) is 12.7. The lowest BCUT2D eigenvalue weighted by Gasteiger charge is -2.21. The number of pyridine rings is 1. The van der Waals surface area contributed by atoms with E-state index in [1.165, 1.54) is 16.9 Å². The number of aromatic nitrogens is 1. The molecule has 1 aromatic carbocycles.